The van der Waals surface area contributed by atoms with Gasteiger partial charge in [-0.25, -0.2) is 4.39 Å². The van der Waals surface area contributed by atoms with Crippen molar-refractivity contribution >= 4 is 0 Å². The fraction of sp³-hybridized carbons (Fsp3) is 0.500. The summed E-state index contributed by atoms with van der Waals surface area (Å²) in [5.74, 6) is -0.744. The van der Waals surface area contributed by atoms with Crippen molar-refractivity contribution in [1.29, 1.82) is 0 Å². The van der Waals surface area contributed by atoms with Gasteiger partial charge in [0, 0.05) is 6.04 Å². The molecule has 15 heavy (non-hydrogen) atoms. The second kappa shape index (κ2) is 4.19. The van der Waals surface area contributed by atoms with Gasteiger partial charge in [0.1, 0.15) is 0 Å². The molecular formula is C12H16FNO. The van der Waals surface area contributed by atoms with E-state index in [1.54, 1.807) is 6.92 Å². The Bertz CT molecular complexity index is 336. The third kappa shape index (κ3) is 2.12. The largest absolute Gasteiger partial charge is 0.505 e. The smallest absolute Gasteiger partial charge is 0.167 e. The van der Waals surface area contributed by atoms with Crippen LogP contribution in [0.1, 0.15) is 36.4 Å². The molecule has 0 aliphatic carbocycles. The summed E-state index contributed by atoms with van der Waals surface area (Å²) in [6, 6.07) is 3.62. The Kier molecular flexibility index (Phi) is 2.91. The van der Waals surface area contributed by atoms with Crippen molar-refractivity contribution in [3.8, 4) is 5.75 Å². The van der Waals surface area contributed by atoms with Crippen LogP contribution < -0.4 is 5.32 Å². The van der Waals surface area contributed by atoms with E-state index in [-0.39, 0.29) is 11.8 Å². The van der Waals surface area contributed by atoms with E-state index in [2.05, 4.69) is 5.32 Å². The third-order valence-electron chi connectivity index (χ3n) is 2.97. The number of halogens is 1. The SMILES string of the molecule is Cc1cc(C2CCCCN2)cc(O)c1F. The van der Waals surface area contributed by atoms with Gasteiger partial charge in [0.05, 0.1) is 0 Å². The van der Waals surface area contributed by atoms with E-state index in [4.69, 9.17) is 0 Å². The first-order chi connectivity index (χ1) is 7.18. The number of rotatable bonds is 1. The van der Waals surface area contributed by atoms with Crippen molar-refractivity contribution in [1.82, 2.24) is 5.32 Å². The van der Waals surface area contributed by atoms with Crippen molar-refractivity contribution in [2.45, 2.75) is 32.2 Å². The van der Waals surface area contributed by atoms with Crippen LogP contribution in [-0.4, -0.2) is 11.7 Å². The average Bonchev–Trinajstić information content (AvgIpc) is 2.26. The summed E-state index contributed by atoms with van der Waals surface area (Å²) in [5, 5.41) is 12.8. The second-order valence-corrected chi connectivity index (χ2v) is 4.17. The quantitative estimate of drug-likeness (QED) is 0.745. The van der Waals surface area contributed by atoms with Crippen LogP contribution in [0.5, 0.6) is 5.75 Å². The monoisotopic (exact) mass is 209 g/mol. The van der Waals surface area contributed by atoms with Crippen LogP contribution in [0.25, 0.3) is 0 Å². The molecule has 1 unspecified atom stereocenters. The fourth-order valence-corrected chi connectivity index (χ4v) is 2.12. The van der Waals surface area contributed by atoms with Crippen LogP contribution in [0.4, 0.5) is 4.39 Å². The van der Waals surface area contributed by atoms with Crippen molar-refractivity contribution in [3.63, 3.8) is 0 Å². The molecule has 0 bridgehead atoms. The Labute approximate surface area is 89.1 Å². The number of hydrogen-bond acceptors (Lipinski definition) is 2. The Morgan fingerprint density at radius 3 is 2.80 bits per heavy atom. The molecule has 2 rings (SSSR count). The van der Waals surface area contributed by atoms with Crippen LogP contribution in [0.15, 0.2) is 12.1 Å². The molecule has 1 aliphatic heterocycles. The highest BCUT2D eigenvalue weighted by Crippen LogP contribution is 2.28. The highest BCUT2D eigenvalue weighted by molar-refractivity contribution is 5.36. The van der Waals surface area contributed by atoms with Crippen molar-refractivity contribution in [2.75, 3.05) is 6.54 Å². The molecule has 0 spiro atoms. The topological polar surface area (TPSA) is 32.3 Å². The Morgan fingerprint density at radius 1 is 1.40 bits per heavy atom. The number of hydrogen-bond donors (Lipinski definition) is 2. The summed E-state index contributed by atoms with van der Waals surface area (Å²) < 4.78 is 13.2. The first kappa shape index (κ1) is 10.4. The third-order valence-corrected chi connectivity index (χ3v) is 2.97. The van der Waals surface area contributed by atoms with Gasteiger partial charge in [-0.1, -0.05) is 12.5 Å². The highest BCUT2D eigenvalue weighted by Gasteiger charge is 2.17. The zero-order valence-electron chi connectivity index (χ0n) is 8.89. The molecule has 0 amide bonds. The van der Waals surface area contributed by atoms with Gasteiger partial charge in [0.25, 0.3) is 0 Å². The average molecular weight is 209 g/mol. The summed E-state index contributed by atoms with van der Waals surface area (Å²) in [6.45, 7) is 2.68. The molecule has 82 valence electrons. The maximum Gasteiger partial charge on any atom is 0.167 e. The van der Waals surface area contributed by atoms with E-state index in [1.165, 1.54) is 18.9 Å². The molecule has 2 nitrogen and oxygen atoms in total. The van der Waals surface area contributed by atoms with Gasteiger partial charge in [-0.15, -0.1) is 0 Å². The minimum absolute atomic E-state index is 0.239. The molecule has 1 aromatic carbocycles. The van der Waals surface area contributed by atoms with Gasteiger partial charge < -0.3 is 10.4 Å². The minimum atomic E-state index is -0.505. The van der Waals surface area contributed by atoms with Crippen molar-refractivity contribution in [2.24, 2.45) is 0 Å². The Hall–Kier alpha value is -1.09. The number of aromatic hydroxyl groups is 1. The fourth-order valence-electron chi connectivity index (χ4n) is 2.12. The molecule has 0 aromatic heterocycles. The van der Waals surface area contributed by atoms with Gasteiger partial charge >= 0.3 is 0 Å². The van der Waals surface area contributed by atoms with Crippen molar-refractivity contribution in [3.05, 3.63) is 29.1 Å². The molecule has 1 aliphatic rings. The lowest BCUT2D eigenvalue weighted by molar-refractivity contribution is 0.402. The zero-order chi connectivity index (χ0) is 10.8. The first-order valence-electron chi connectivity index (χ1n) is 5.41. The number of piperidine rings is 1. The Morgan fingerprint density at radius 2 is 2.20 bits per heavy atom. The van der Waals surface area contributed by atoms with E-state index in [0.29, 0.717) is 5.56 Å². The summed E-state index contributed by atoms with van der Waals surface area (Å²) in [7, 11) is 0. The van der Waals surface area contributed by atoms with Crippen molar-refractivity contribution < 1.29 is 9.50 Å². The maximum absolute atomic E-state index is 13.2. The van der Waals surface area contributed by atoms with Crippen LogP contribution >= 0.6 is 0 Å². The molecule has 1 saturated heterocycles. The summed E-state index contributed by atoms with van der Waals surface area (Å²) in [4.78, 5) is 0. The van der Waals surface area contributed by atoms with Crippen LogP contribution in [-0.2, 0) is 0 Å². The number of aryl methyl sites for hydroxylation is 1. The molecule has 0 saturated carbocycles. The molecule has 3 heteroatoms. The molecule has 1 heterocycles. The van der Waals surface area contributed by atoms with Gasteiger partial charge in [-0.2, -0.15) is 0 Å². The summed E-state index contributed by atoms with van der Waals surface area (Å²) in [5.41, 5.74) is 1.50. The molecule has 1 fully saturated rings. The van der Waals surface area contributed by atoms with Gasteiger partial charge in [0.15, 0.2) is 11.6 Å². The van der Waals surface area contributed by atoms with E-state index in [1.807, 2.05) is 6.07 Å². The van der Waals surface area contributed by atoms with E-state index < -0.39 is 5.82 Å². The van der Waals surface area contributed by atoms with E-state index >= 15 is 0 Å². The number of nitrogens with one attached hydrogen (secondary N) is 1. The molecule has 1 atom stereocenters. The number of phenolic OH excluding ortho intramolecular Hbond substituents is 1. The van der Waals surface area contributed by atoms with Gasteiger partial charge in [-0.05, 0) is 43.5 Å². The van der Waals surface area contributed by atoms with E-state index in [9.17, 15) is 9.50 Å². The predicted molar refractivity (Wildman–Crippen MR) is 57.4 cm³/mol. The predicted octanol–water partition coefficient (Wildman–Crippen LogP) is 2.65. The number of benzene rings is 1. The van der Waals surface area contributed by atoms with Gasteiger partial charge in [-0.3, -0.25) is 0 Å². The zero-order valence-corrected chi connectivity index (χ0v) is 8.89. The molecule has 2 N–H and O–H groups in total. The minimum Gasteiger partial charge on any atom is -0.505 e. The van der Waals surface area contributed by atoms with E-state index in [0.717, 1.165) is 18.5 Å². The standard InChI is InChI=1S/C12H16FNO/c1-8-6-9(7-11(15)12(8)13)10-4-2-3-5-14-10/h6-7,10,14-15H,2-5H2,1H3. The Balaban J connectivity index is 2.27. The molecule has 1 aromatic rings. The van der Waals surface area contributed by atoms with Gasteiger partial charge in [0.2, 0.25) is 0 Å². The van der Waals surface area contributed by atoms with Crippen LogP contribution in [0, 0.1) is 12.7 Å². The van der Waals surface area contributed by atoms with Crippen LogP contribution in [0.2, 0.25) is 0 Å². The molecular weight excluding hydrogens is 193 g/mol. The second-order valence-electron chi connectivity index (χ2n) is 4.17. The lowest BCUT2D eigenvalue weighted by atomic mass is 9.96. The molecule has 0 radical (unpaired) electrons. The lowest BCUT2D eigenvalue weighted by Gasteiger charge is -2.24. The number of phenols is 1. The normalized spacial score (nSPS) is 21.6. The first-order valence-corrected chi connectivity index (χ1v) is 5.41. The maximum atomic E-state index is 13.2. The van der Waals surface area contributed by atoms with Crippen LogP contribution in [0.3, 0.4) is 0 Å². The summed E-state index contributed by atoms with van der Waals surface area (Å²) >= 11 is 0. The highest BCUT2D eigenvalue weighted by atomic mass is 19.1. The summed E-state index contributed by atoms with van der Waals surface area (Å²) in [6.07, 6.45) is 3.45. The lowest BCUT2D eigenvalue weighted by Crippen LogP contribution is -2.26.